The summed E-state index contributed by atoms with van der Waals surface area (Å²) in [4.78, 5) is 28.9. The van der Waals surface area contributed by atoms with Gasteiger partial charge in [-0.05, 0) is 43.6 Å². The van der Waals surface area contributed by atoms with E-state index in [1.54, 1.807) is 6.33 Å². The number of aromatic nitrogens is 2. The summed E-state index contributed by atoms with van der Waals surface area (Å²) in [5.41, 5.74) is 2.50. The Bertz CT molecular complexity index is 902. The summed E-state index contributed by atoms with van der Waals surface area (Å²) in [6.07, 6.45) is 8.73. The van der Waals surface area contributed by atoms with E-state index in [1.165, 1.54) is 5.56 Å². The zero-order chi connectivity index (χ0) is 22.5. The molecule has 0 bridgehead atoms. The van der Waals surface area contributed by atoms with Crippen molar-refractivity contribution in [3.05, 3.63) is 48.4 Å². The Kier molecular flexibility index (Phi) is 7.05. The lowest BCUT2D eigenvalue weighted by atomic mass is 9.88. The summed E-state index contributed by atoms with van der Waals surface area (Å²) in [6.45, 7) is 6.77. The fraction of sp³-hybridized carbons (Fsp3) is 0.577. The lowest BCUT2D eigenvalue weighted by molar-refractivity contribution is -0.137. The molecular formula is C26H35N5O2. The minimum absolute atomic E-state index is 0.142. The number of carbonyl (C=O) groups is 1. The van der Waals surface area contributed by atoms with E-state index in [0.29, 0.717) is 11.8 Å². The number of hydrogen-bond donors (Lipinski definition) is 0. The summed E-state index contributed by atoms with van der Waals surface area (Å²) in [7, 11) is 0. The van der Waals surface area contributed by atoms with Crippen LogP contribution < -0.4 is 9.80 Å². The van der Waals surface area contributed by atoms with E-state index in [0.717, 1.165) is 96.1 Å². The average Bonchev–Trinajstić information content (AvgIpc) is 2.90. The maximum Gasteiger partial charge on any atom is 0.225 e. The van der Waals surface area contributed by atoms with Gasteiger partial charge in [0.15, 0.2) is 5.82 Å². The van der Waals surface area contributed by atoms with E-state index in [2.05, 4.69) is 55.0 Å². The molecule has 3 aliphatic heterocycles. The Morgan fingerprint density at radius 2 is 1.64 bits per heavy atom. The minimum Gasteiger partial charge on any atom is -0.378 e. The summed E-state index contributed by atoms with van der Waals surface area (Å²) < 4.78 is 5.50. The van der Waals surface area contributed by atoms with E-state index in [1.807, 2.05) is 6.20 Å². The lowest BCUT2D eigenvalue weighted by Crippen LogP contribution is -2.46. The SMILES string of the molecule is O=C(C1CCN(c2cncnc2N2CCOCC2)CC1)N1CCC(Cc2ccccc2)CC1. The van der Waals surface area contributed by atoms with Crippen LogP contribution in [0.4, 0.5) is 11.5 Å². The van der Waals surface area contributed by atoms with Gasteiger partial charge in [0.1, 0.15) is 6.33 Å². The maximum absolute atomic E-state index is 13.2. The van der Waals surface area contributed by atoms with Crippen molar-refractivity contribution >= 4 is 17.4 Å². The second-order valence-corrected chi connectivity index (χ2v) is 9.55. The Labute approximate surface area is 196 Å². The van der Waals surface area contributed by atoms with Gasteiger partial charge in [0.05, 0.1) is 25.1 Å². The Morgan fingerprint density at radius 3 is 2.36 bits per heavy atom. The van der Waals surface area contributed by atoms with Gasteiger partial charge in [-0.25, -0.2) is 9.97 Å². The van der Waals surface area contributed by atoms with Gasteiger partial charge in [0.25, 0.3) is 0 Å². The summed E-state index contributed by atoms with van der Waals surface area (Å²) >= 11 is 0. The quantitative estimate of drug-likeness (QED) is 0.699. The second-order valence-electron chi connectivity index (χ2n) is 9.55. The first-order chi connectivity index (χ1) is 16.3. The number of morpholine rings is 1. The van der Waals surface area contributed by atoms with E-state index in [4.69, 9.17) is 4.74 Å². The van der Waals surface area contributed by atoms with E-state index < -0.39 is 0 Å². The number of amides is 1. The molecule has 0 N–H and O–H groups in total. The smallest absolute Gasteiger partial charge is 0.225 e. The molecule has 0 atom stereocenters. The molecule has 0 aliphatic carbocycles. The Balaban J connectivity index is 1.13. The highest BCUT2D eigenvalue weighted by molar-refractivity contribution is 5.79. The fourth-order valence-electron chi connectivity index (χ4n) is 5.49. The van der Waals surface area contributed by atoms with Gasteiger partial charge in [-0.2, -0.15) is 0 Å². The Hall–Kier alpha value is -2.67. The third kappa shape index (κ3) is 5.29. The van der Waals surface area contributed by atoms with Crippen molar-refractivity contribution in [3.8, 4) is 0 Å². The van der Waals surface area contributed by atoms with Crippen LogP contribution in [0.5, 0.6) is 0 Å². The highest BCUT2D eigenvalue weighted by atomic mass is 16.5. The van der Waals surface area contributed by atoms with Crippen LogP contribution in [0.2, 0.25) is 0 Å². The zero-order valence-electron chi connectivity index (χ0n) is 19.4. The number of likely N-dealkylation sites (tertiary alicyclic amines) is 1. The van der Waals surface area contributed by atoms with Crippen molar-refractivity contribution in [3.63, 3.8) is 0 Å². The molecule has 5 rings (SSSR count). The van der Waals surface area contributed by atoms with Crippen LogP contribution in [0, 0.1) is 11.8 Å². The van der Waals surface area contributed by atoms with Gasteiger partial charge in [-0.3, -0.25) is 4.79 Å². The van der Waals surface area contributed by atoms with Crippen LogP contribution in [0.15, 0.2) is 42.9 Å². The molecule has 7 heteroatoms. The molecule has 3 fully saturated rings. The molecule has 1 aromatic carbocycles. The third-order valence-corrected chi connectivity index (χ3v) is 7.46. The first-order valence-electron chi connectivity index (χ1n) is 12.5. The zero-order valence-corrected chi connectivity index (χ0v) is 19.4. The fourth-order valence-corrected chi connectivity index (χ4v) is 5.49. The number of hydrogen-bond acceptors (Lipinski definition) is 6. The number of ether oxygens (including phenoxy) is 1. The first-order valence-corrected chi connectivity index (χ1v) is 12.5. The van der Waals surface area contributed by atoms with Gasteiger partial charge in [-0.1, -0.05) is 30.3 Å². The number of piperidine rings is 2. The number of rotatable bonds is 5. The van der Waals surface area contributed by atoms with Crippen LogP contribution in [-0.2, 0) is 16.0 Å². The predicted octanol–water partition coefficient (Wildman–Crippen LogP) is 3.01. The molecule has 3 saturated heterocycles. The number of benzene rings is 1. The number of nitrogens with zero attached hydrogens (tertiary/aromatic N) is 5. The van der Waals surface area contributed by atoms with Crippen LogP contribution in [-0.4, -0.2) is 73.3 Å². The molecule has 2 aromatic rings. The molecule has 4 heterocycles. The standard InChI is InChI=1S/C26H35N5O2/c32-26(31-10-6-22(7-11-31)18-21-4-2-1-3-5-21)23-8-12-29(13-9-23)24-19-27-20-28-25(24)30-14-16-33-17-15-30/h1-5,19-20,22-23H,6-18H2. The monoisotopic (exact) mass is 449 g/mol. The molecule has 1 aromatic heterocycles. The van der Waals surface area contributed by atoms with Crippen LogP contribution in [0.25, 0.3) is 0 Å². The van der Waals surface area contributed by atoms with Crippen LogP contribution in [0.3, 0.4) is 0 Å². The molecule has 33 heavy (non-hydrogen) atoms. The van der Waals surface area contributed by atoms with Gasteiger partial charge in [0.2, 0.25) is 5.91 Å². The lowest BCUT2D eigenvalue weighted by Gasteiger charge is -2.39. The maximum atomic E-state index is 13.2. The van der Waals surface area contributed by atoms with Crippen molar-refractivity contribution in [1.82, 2.24) is 14.9 Å². The third-order valence-electron chi connectivity index (χ3n) is 7.46. The number of anilines is 2. The predicted molar refractivity (Wildman–Crippen MR) is 129 cm³/mol. The van der Waals surface area contributed by atoms with E-state index in [-0.39, 0.29) is 5.92 Å². The van der Waals surface area contributed by atoms with Crippen LogP contribution in [0.1, 0.15) is 31.2 Å². The van der Waals surface area contributed by atoms with Crippen molar-refractivity contribution < 1.29 is 9.53 Å². The molecule has 1 amide bonds. The highest BCUT2D eigenvalue weighted by Crippen LogP contribution is 2.32. The topological polar surface area (TPSA) is 61.8 Å². The van der Waals surface area contributed by atoms with Gasteiger partial charge < -0.3 is 19.4 Å². The van der Waals surface area contributed by atoms with Gasteiger partial charge in [-0.15, -0.1) is 0 Å². The van der Waals surface area contributed by atoms with E-state index in [9.17, 15) is 4.79 Å². The normalized spacial score (nSPS) is 20.8. The van der Waals surface area contributed by atoms with Crippen molar-refractivity contribution in [1.29, 1.82) is 0 Å². The molecule has 176 valence electrons. The average molecular weight is 450 g/mol. The molecule has 0 unspecified atom stereocenters. The summed E-state index contributed by atoms with van der Waals surface area (Å²) in [6, 6.07) is 10.7. The van der Waals surface area contributed by atoms with E-state index >= 15 is 0 Å². The van der Waals surface area contributed by atoms with Crippen molar-refractivity contribution in [2.45, 2.75) is 32.1 Å². The van der Waals surface area contributed by atoms with Gasteiger partial charge in [0, 0.05) is 45.2 Å². The molecule has 3 aliphatic rings. The highest BCUT2D eigenvalue weighted by Gasteiger charge is 2.32. The Morgan fingerprint density at radius 1 is 0.909 bits per heavy atom. The van der Waals surface area contributed by atoms with Crippen molar-refractivity contribution in [2.75, 3.05) is 62.3 Å². The van der Waals surface area contributed by atoms with Crippen molar-refractivity contribution in [2.24, 2.45) is 11.8 Å². The van der Waals surface area contributed by atoms with Crippen LogP contribution >= 0.6 is 0 Å². The first kappa shape index (κ1) is 22.1. The molecule has 7 nitrogen and oxygen atoms in total. The summed E-state index contributed by atoms with van der Waals surface area (Å²) in [5, 5.41) is 0. The molecule has 0 spiro atoms. The molecule has 0 saturated carbocycles. The second kappa shape index (κ2) is 10.5. The summed E-state index contributed by atoms with van der Waals surface area (Å²) in [5.74, 6) is 2.20. The largest absolute Gasteiger partial charge is 0.378 e. The molecule has 0 radical (unpaired) electrons. The minimum atomic E-state index is 0.142. The number of carbonyl (C=O) groups excluding carboxylic acids is 1. The van der Waals surface area contributed by atoms with Gasteiger partial charge >= 0.3 is 0 Å². The molecular weight excluding hydrogens is 414 g/mol.